The van der Waals surface area contributed by atoms with E-state index < -0.39 is 5.76 Å². The Labute approximate surface area is 156 Å². The highest BCUT2D eigenvalue weighted by Crippen LogP contribution is 2.27. The van der Waals surface area contributed by atoms with Crippen LogP contribution in [0.25, 0.3) is 0 Å². The van der Waals surface area contributed by atoms with Gasteiger partial charge in [0.2, 0.25) is 0 Å². The fraction of sp³-hybridized carbons (Fsp3) is 0.368. The number of nitrogens with zero attached hydrogens (tertiary/aromatic N) is 3. The van der Waals surface area contributed by atoms with Gasteiger partial charge in [-0.15, -0.1) is 0 Å². The lowest BCUT2D eigenvalue weighted by Crippen LogP contribution is -2.35. The molecule has 0 saturated carbocycles. The summed E-state index contributed by atoms with van der Waals surface area (Å²) in [5, 5.41) is 0.0953. The predicted octanol–water partition coefficient (Wildman–Crippen LogP) is 3.74. The van der Waals surface area contributed by atoms with Gasteiger partial charge in [-0.1, -0.05) is 30.3 Å². The molecule has 0 unspecified atom stereocenters. The minimum absolute atomic E-state index is 0.0953. The van der Waals surface area contributed by atoms with Crippen molar-refractivity contribution in [3.63, 3.8) is 0 Å². The summed E-state index contributed by atoms with van der Waals surface area (Å²) in [6.45, 7) is 3.72. The Kier molecular flexibility index (Phi) is 6.57. The number of thioether (sulfide) groups is 1. The van der Waals surface area contributed by atoms with Gasteiger partial charge in [0.15, 0.2) is 0 Å². The van der Waals surface area contributed by atoms with Crippen LogP contribution in [0.15, 0.2) is 53.7 Å². The van der Waals surface area contributed by atoms with Crippen molar-refractivity contribution in [2.45, 2.75) is 23.7 Å². The van der Waals surface area contributed by atoms with Gasteiger partial charge in [-0.2, -0.15) is 8.78 Å². The van der Waals surface area contributed by atoms with Crippen molar-refractivity contribution in [1.29, 1.82) is 0 Å². The molecule has 26 heavy (non-hydrogen) atoms. The number of alkyl halides is 2. The number of hydrogen-bond donors (Lipinski definition) is 0. The molecule has 1 aromatic heterocycles. The van der Waals surface area contributed by atoms with Crippen LogP contribution in [0.2, 0.25) is 0 Å². The molecular weight excluding hydrogens is 356 g/mol. The number of hydrogen-bond acceptors (Lipinski definition) is 4. The number of carbonyl (C=O) groups is 1. The SMILES string of the molecule is O=C(c1cccnc1SC(F)F)N1CCCN(Cc2ccccc2)CC1. The summed E-state index contributed by atoms with van der Waals surface area (Å²) in [6, 6.07) is 13.4. The molecule has 2 aromatic rings. The minimum atomic E-state index is -2.60. The third-order valence-corrected chi connectivity index (χ3v) is 5.05. The topological polar surface area (TPSA) is 36.4 Å². The van der Waals surface area contributed by atoms with Crippen LogP contribution >= 0.6 is 11.8 Å². The number of amides is 1. The van der Waals surface area contributed by atoms with E-state index >= 15 is 0 Å². The standard InChI is InChI=1S/C19H21F2N3OS/c20-19(21)26-17-16(8-4-9-22-17)18(25)24-11-5-10-23(12-13-24)14-15-6-2-1-3-7-15/h1-4,6-9,19H,5,10-14H2. The van der Waals surface area contributed by atoms with Crippen LogP contribution in [0.3, 0.4) is 0 Å². The molecule has 0 radical (unpaired) electrons. The van der Waals surface area contributed by atoms with Crippen LogP contribution in [0.4, 0.5) is 8.78 Å². The van der Waals surface area contributed by atoms with E-state index in [0.29, 0.717) is 24.9 Å². The maximum absolute atomic E-state index is 12.8. The number of benzene rings is 1. The van der Waals surface area contributed by atoms with Crippen molar-refractivity contribution in [2.24, 2.45) is 0 Å². The van der Waals surface area contributed by atoms with E-state index in [-0.39, 0.29) is 16.5 Å². The smallest absolute Gasteiger partial charge is 0.290 e. The second-order valence-electron chi connectivity index (χ2n) is 6.14. The highest BCUT2D eigenvalue weighted by molar-refractivity contribution is 7.99. The molecule has 4 nitrogen and oxygen atoms in total. The molecule has 0 N–H and O–H groups in total. The Morgan fingerprint density at radius 3 is 2.65 bits per heavy atom. The summed E-state index contributed by atoms with van der Waals surface area (Å²) in [6.07, 6.45) is 2.29. The van der Waals surface area contributed by atoms with Crippen LogP contribution in [-0.4, -0.2) is 52.6 Å². The molecule has 0 atom stereocenters. The van der Waals surface area contributed by atoms with Gasteiger partial charge in [-0.25, -0.2) is 4.98 Å². The Morgan fingerprint density at radius 2 is 1.88 bits per heavy atom. The van der Waals surface area contributed by atoms with Gasteiger partial charge in [0, 0.05) is 38.9 Å². The Morgan fingerprint density at radius 1 is 1.08 bits per heavy atom. The Balaban J connectivity index is 1.65. The molecular formula is C19H21F2N3OS. The molecule has 1 aliphatic heterocycles. The van der Waals surface area contributed by atoms with Crippen molar-refractivity contribution in [1.82, 2.24) is 14.8 Å². The molecule has 7 heteroatoms. The minimum Gasteiger partial charge on any atom is -0.337 e. The maximum atomic E-state index is 12.8. The first-order valence-corrected chi connectivity index (χ1v) is 9.47. The number of carbonyl (C=O) groups excluding carboxylic acids is 1. The molecule has 1 aliphatic rings. The zero-order valence-corrected chi connectivity index (χ0v) is 15.2. The molecule has 2 heterocycles. The lowest BCUT2D eigenvalue weighted by Gasteiger charge is -2.22. The van der Waals surface area contributed by atoms with Crippen molar-refractivity contribution < 1.29 is 13.6 Å². The first kappa shape index (κ1) is 18.8. The van der Waals surface area contributed by atoms with Crippen LogP contribution in [0.5, 0.6) is 0 Å². The Hall–Kier alpha value is -1.99. The van der Waals surface area contributed by atoms with E-state index in [1.54, 1.807) is 17.0 Å². The highest BCUT2D eigenvalue weighted by atomic mass is 32.2. The third kappa shape index (κ3) is 5.02. The second kappa shape index (κ2) is 9.09. The summed E-state index contributed by atoms with van der Waals surface area (Å²) in [5.74, 6) is -2.82. The van der Waals surface area contributed by atoms with Crippen LogP contribution in [0.1, 0.15) is 22.3 Å². The van der Waals surface area contributed by atoms with E-state index in [2.05, 4.69) is 22.0 Å². The van der Waals surface area contributed by atoms with Gasteiger partial charge >= 0.3 is 0 Å². The lowest BCUT2D eigenvalue weighted by atomic mass is 10.2. The molecule has 138 valence electrons. The molecule has 0 spiro atoms. The number of rotatable bonds is 5. The lowest BCUT2D eigenvalue weighted by molar-refractivity contribution is 0.0756. The predicted molar refractivity (Wildman–Crippen MR) is 98.3 cm³/mol. The molecule has 1 fully saturated rings. The summed E-state index contributed by atoms with van der Waals surface area (Å²) in [5.41, 5.74) is 1.50. The van der Waals surface area contributed by atoms with Gasteiger partial charge in [-0.3, -0.25) is 9.69 Å². The maximum Gasteiger partial charge on any atom is 0.290 e. The first-order valence-electron chi connectivity index (χ1n) is 8.59. The normalized spacial score (nSPS) is 15.9. The molecule has 1 amide bonds. The largest absolute Gasteiger partial charge is 0.337 e. The first-order chi connectivity index (χ1) is 12.6. The number of halogens is 2. The highest BCUT2D eigenvalue weighted by Gasteiger charge is 2.24. The van der Waals surface area contributed by atoms with Crippen LogP contribution < -0.4 is 0 Å². The van der Waals surface area contributed by atoms with E-state index in [9.17, 15) is 13.6 Å². The average Bonchev–Trinajstić information content (AvgIpc) is 2.88. The molecule has 0 aliphatic carbocycles. The summed E-state index contributed by atoms with van der Waals surface area (Å²) >= 11 is 0.323. The summed E-state index contributed by atoms with van der Waals surface area (Å²) < 4.78 is 25.4. The van der Waals surface area contributed by atoms with E-state index in [4.69, 9.17) is 0 Å². The zero-order chi connectivity index (χ0) is 18.4. The van der Waals surface area contributed by atoms with Crippen LogP contribution in [0, 0.1) is 0 Å². The third-order valence-electron chi connectivity index (χ3n) is 4.33. The molecule has 1 saturated heterocycles. The number of pyridine rings is 1. The van der Waals surface area contributed by atoms with E-state index in [1.165, 1.54) is 11.8 Å². The summed E-state index contributed by atoms with van der Waals surface area (Å²) in [4.78, 5) is 20.9. The molecule has 0 bridgehead atoms. The Bertz CT molecular complexity index is 730. The van der Waals surface area contributed by atoms with Gasteiger partial charge in [-0.05, 0) is 35.9 Å². The van der Waals surface area contributed by atoms with Crippen LogP contribution in [-0.2, 0) is 6.54 Å². The second-order valence-corrected chi connectivity index (χ2v) is 7.12. The van der Waals surface area contributed by atoms with E-state index in [0.717, 1.165) is 26.1 Å². The number of aromatic nitrogens is 1. The summed E-state index contributed by atoms with van der Waals surface area (Å²) in [7, 11) is 0. The quantitative estimate of drug-likeness (QED) is 0.744. The van der Waals surface area contributed by atoms with E-state index in [1.807, 2.05) is 18.2 Å². The van der Waals surface area contributed by atoms with Gasteiger partial charge in [0.1, 0.15) is 5.03 Å². The zero-order valence-electron chi connectivity index (χ0n) is 14.4. The van der Waals surface area contributed by atoms with Crippen molar-refractivity contribution in [2.75, 3.05) is 26.2 Å². The molecule has 3 rings (SSSR count). The van der Waals surface area contributed by atoms with Gasteiger partial charge in [0.25, 0.3) is 11.7 Å². The van der Waals surface area contributed by atoms with Gasteiger partial charge < -0.3 is 4.90 Å². The fourth-order valence-electron chi connectivity index (χ4n) is 3.08. The monoisotopic (exact) mass is 377 g/mol. The average molecular weight is 377 g/mol. The van der Waals surface area contributed by atoms with Gasteiger partial charge in [0.05, 0.1) is 5.56 Å². The van der Waals surface area contributed by atoms with Crippen molar-refractivity contribution in [3.05, 3.63) is 59.8 Å². The van der Waals surface area contributed by atoms with Crippen molar-refractivity contribution in [3.8, 4) is 0 Å². The van der Waals surface area contributed by atoms with Crippen molar-refractivity contribution >= 4 is 17.7 Å². The molecule has 1 aromatic carbocycles. The fourth-order valence-corrected chi connectivity index (χ4v) is 3.65.